The maximum atomic E-state index is 13.1. The summed E-state index contributed by atoms with van der Waals surface area (Å²) in [6.45, 7) is 26.4. The molecule has 0 saturated heterocycles. The molecule has 0 atom stereocenters. The molecule has 36 heavy (non-hydrogen) atoms. The number of rotatable bonds is 11. The standard InChI is InChI=1S/C32H52O3S/c1-18(2)13-25-23(11)24(12)32(36(33,34)35)31-29(17-22(9)10)27(15-20(5)6)26(14-19(3)4)28(30(25)31)16-21(7)8/h18-22H,13-17H2,1-12H3,(H,33,34,35). The van der Waals surface area contributed by atoms with Gasteiger partial charge in [0.15, 0.2) is 0 Å². The summed E-state index contributed by atoms with van der Waals surface area (Å²) < 4.78 is 36.8. The van der Waals surface area contributed by atoms with Gasteiger partial charge in [0.1, 0.15) is 4.90 Å². The normalized spacial score (nSPS) is 12.9. The number of benzene rings is 2. The fourth-order valence-electron chi connectivity index (χ4n) is 5.89. The van der Waals surface area contributed by atoms with Crippen LogP contribution in [0.3, 0.4) is 0 Å². The molecular formula is C32H52O3S. The van der Waals surface area contributed by atoms with Gasteiger partial charge in [-0.05, 0) is 120 Å². The molecule has 4 heteroatoms. The van der Waals surface area contributed by atoms with Gasteiger partial charge in [-0.25, -0.2) is 0 Å². The quantitative estimate of drug-likeness (QED) is 0.304. The summed E-state index contributed by atoms with van der Waals surface area (Å²) in [5.41, 5.74) is 8.22. The van der Waals surface area contributed by atoms with Gasteiger partial charge >= 0.3 is 0 Å². The highest BCUT2D eigenvalue weighted by molar-refractivity contribution is 7.86. The fourth-order valence-corrected chi connectivity index (χ4v) is 6.91. The van der Waals surface area contributed by atoms with Crippen molar-refractivity contribution in [3.8, 4) is 0 Å². The van der Waals surface area contributed by atoms with E-state index in [1.54, 1.807) is 0 Å². The predicted molar refractivity (Wildman–Crippen MR) is 156 cm³/mol. The first-order valence-electron chi connectivity index (χ1n) is 14.1. The third kappa shape index (κ3) is 6.92. The Hall–Kier alpha value is -1.39. The third-order valence-electron chi connectivity index (χ3n) is 7.15. The highest BCUT2D eigenvalue weighted by Gasteiger charge is 2.30. The zero-order chi connectivity index (χ0) is 27.7. The van der Waals surface area contributed by atoms with Crippen molar-refractivity contribution in [3.63, 3.8) is 0 Å². The zero-order valence-electron chi connectivity index (χ0n) is 25.1. The van der Waals surface area contributed by atoms with Gasteiger partial charge in [-0.2, -0.15) is 8.42 Å². The number of hydrogen-bond acceptors (Lipinski definition) is 2. The molecule has 0 fully saturated rings. The van der Waals surface area contributed by atoms with E-state index in [0.29, 0.717) is 35.2 Å². The number of fused-ring (bicyclic) bond motifs is 1. The maximum Gasteiger partial charge on any atom is 0.295 e. The molecule has 2 aromatic rings. The summed E-state index contributed by atoms with van der Waals surface area (Å²) in [6, 6.07) is 0. The van der Waals surface area contributed by atoms with Gasteiger partial charge in [-0.15, -0.1) is 0 Å². The Labute approximate surface area is 222 Å². The maximum absolute atomic E-state index is 13.1. The lowest BCUT2D eigenvalue weighted by Crippen LogP contribution is -2.18. The first kappa shape index (κ1) is 30.8. The Bertz CT molecular complexity index is 1180. The zero-order valence-corrected chi connectivity index (χ0v) is 25.9. The van der Waals surface area contributed by atoms with Gasteiger partial charge in [-0.1, -0.05) is 69.2 Å². The molecule has 0 aliphatic rings. The van der Waals surface area contributed by atoms with E-state index < -0.39 is 10.1 Å². The van der Waals surface area contributed by atoms with E-state index in [-0.39, 0.29) is 4.90 Å². The van der Waals surface area contributed by atoms with Gasteiger partial charge in [0, 0.05) is 5.39 Å². The molecule has 0 amide bonds. The van der Waals surface area contributed by atoms with E-state index in [4.69, 9.17) is 0 Å². The van der Waals surface area contributed by atoms with Gasteiger partial charge in [0.2, 0.25) is 0 Å². The van der Waals surface area contributed by atoms with E-state index >= 15 is 0 Å². The molecule has 3 nitrogen and oxygen atoms in total. The highest BCUT2D eigenvalue weighted by atomic mass is 32.2. The van der Waals surface area contributed by atoms with Crippen LogP contribution in [0.4, 0.5) is 0 Å². The third-order valence-corrected chi connectivity index (χ3v) is 8.18. The van der Waals surface area contributed by atoms with E-state index in [0.717, 1.165) is 54.0 Å². The van der Waals surface area contributed by atoms with Crippen molar-refractivity contribution in [2.75, 3.05) is 0 Å². The fraction of sp³-hybridized carbons (Fsp3) is 0.688. The van der Waals surface area contributed by atoms with Crippen molar-refractivity contribution >= 4 is 20.9 Å². The van der Waals surface area contributed by atoms with Gasteiger partial charge in [0.25, 0.3) is 10.1 Å². The molecule has 204 valence electrons. The van der Waals surface area contributed by atoms with Crippen molar-refractivity contribution in [1.82, 2.24) is 0 Å². The SMILES string of the molecule is Cc1c(C)c(S(=O)(=O)O)c2c(CC(C)C)c(CC(C)C)c(CC(C)C)c(CC(C)C)c2c1CC(C)C. The average Bonchev–Trinajstić information content (AvgIpc) is 2.68. The van der Waals surface area contributed by atoms with Crippen LogP contribution in [0.2, 0.25) is 0 Å². The molecule has 0 unspecified atom stereocenters. The van der Waals surface area contributed by atoms with Crippen molar-refractivity contribution in [1.29, 1.82) is 0 Å². The van der Waals surface area contributed by atoms with E-state index in [2.05, 4.69) is 69.2 Å². The molecule has 0 aromatic heterocycles. The molecule has 0 aliphatic heterocycles. The molecule has 2 rings (SSSR count). The van der Waals surface area contributed by atoms with Crippen LogP contribution >= 0.6 is 0 Å². The lowest BCUT2D eigenvalue weighted by Gasteiger charge is -2.30. The van der Waals surface area contributed by atoms with Crippen LogP contribution in [-0.2, 0) is 42.2 Å². The summed E-state index contributed by atoms with van der Waals surface area (Å²) in [6.07, 6.45) is 4.51. The second-order valence-electron chi connectivity index (χ2n) is 13.2. The van der Waals surface area contributed by atoms with Crippen LogP contribution in [-0.4, -0.2) is 13.0 Å². The Morgan fingerprint density at radius 2 is 0.806 bits per heavy atom. The molecule has 0 radical (unpaired) electrons. The summed E-state index contributed by atoms with van der Waals surface area (Å²) in [4.78, 5) is 0.143. The molecule has 0 spiro atoms. The summed E-state index contributed by atoms with van der Waals surface area (Å²) in [7, 11) is -4.41. The molecule has 0 heterocycles. The van der Waals surface area contributed by atoms with Crippen LogP contribution in [0.1, 0.15) is 108 Å². The summed E-state index contributed by atoms with van der Waals surface area (Å²) in [5, 5.41) is 1.93. The predicted octanol–water partition coefficient (Wildman–Crippen LogP) is 8.70. The summed E-state index contributed by atoms with van der Waals surface area (Å²) >= 11 is 0. The summed E-state index contributed by atoms with van der Waals surface area (Å²) in [5.74, 6) is 2.18. The first-order chi connectivity index (χ1) is 16.5. The lowest BCUT2D eigenvalue weighted by atomic mass is 9.75. The lowest BCUT2D eigenvalue weighted by molar-refractivity contribution is 0.483. The van der Waals surface area contributed by atoms with Gasteiger partial charge < -0.3 is 0 Å². The minimum absolute atomic E-state index is 0.143. The van der Waals surface area contributed by atoms with Crippen LogP contribution in [0.15, 0.2) is 4.90 Å². The highest BCUT2D eigenvalue weighted by Crippen LogP contribution is 2.44. The van der Waals surface area contributed by atoms with Crippen LogP contribution in [0.25, 0.3) is 10.8 Å². The smallest absolute Gasteiger partial charge is 0.282 e. The van der Waals surface area contributed by atoms with Crippen molar-refractivity contribution in [2.24, 2.45) is 29.6 Å². The van der Waals surface area contributed by atoms with Crippen molar-refractivity contribution < 1.29 is 13.0 Å². The van der Waals surface area contributed by atoms with Crippen molar-refractivity contribution in [2.45, 2.75) is 120 Å². The van der Waals surface area contributed by atoms with Crippen molar-refractivity contribution in [3.05, 3.63) is 38.9 Å². The van der Waals surface area contributed by atoms with Crippen LogP contribution in [0, 0.1) is 43.4 Å². The van der Waals surface area contributed by atoms with Crippen LogP contribution < -0.4 is 0 Å². The monoisotopic (exact) mass is 516 g/mol. The molecule has 0 saturated carbocycles. The first-order valence-corrected chi connectivity index (χ1v) is 15.5. The van der Waals surface area contributed by atoms with E-state index in [9.17, 15) is 13.0 Å². The van der Waals surface area contributed by atoms with Gasteiger partial charge in [-0.3, -0.25) is 4.55 Å². The molecule has 0 bridgehead atoms. The molecule has 1 N–H and O–H groups in total. The molecular weight excluding hydrogens is 464 g/mol. The minimum Gasteiger partial charge on any atom is -0.282 e. The van der Waals surface area contributed by atoms with E-state index in [1.807, 2.05) is 13.8 Å². The second kappa shape index (κ2) is 12.0. The Balaban J connectivity index is 3.46. The Morgan fingerprint density at radius 1 is 0.500 bits per heavy atom. The van der Waals surface area contributed by atoms with E-state index in [1.165, 1.54) is 22.3 Å². The largest absolute Gasteiger partial charge is 0.295 e. The Morgan fingerprint density at radius 3 is 1.14 bits per heavy atom. The number of hydrogen-bond donors (Lipinski definition) is 1. The second-order valence-corrected chi connectivity index (χ2v) is 14.5. The molecule has 2 aromatic carbocycles. The average molecular weight is 517 g/mol. The molecule has 0 aliphatic carbocycles. The minimum atomic E-state index is -4.41. The van der Waals surface area contributed by atoms with Gasteiger partial charge in [0.05, 0.1) is 0 Å². The topological polar surface area (TPSA) is 54.4 Å². The van der Waals surface area contributed by atoms with Crippen LogP contribution in [0.5, 0.6) is 0 Å². The Kier molecular flexibility index (Phi) is 10.3.